The van der Waals surface area contributed by atoms with Crippen LogP contribution in [0, 0.1) is 5.92 Å². The van der Waals surface area contributed by atoms with E-state index in [0.717, 1.165) is 23.7 Å². The molecule has 0 aliphatic carbocycles. The number of piperidine rings is 1. The Morgan fingerprint density at radius 3 is 3.00 bits per heavy atom. The fourth-order valence-corrected chi connectivity index (χ4v) is 3.87. The number of nitrogens with two attached hydrogens (primary N) is 1. The molecular formula is C14H21ClN2OS. The van der Waals surface area contributed by atoms with E-state index in [2.05, 4.69) is 6.92 Å². The number of rotatable bonds is 4. The van der Waals surface area contributed by atoms with Gasteiger partial charge < -0.3 is 10.6 Å². The summed E-state index contributed by atoms with van der Waals surface area (Å²) in [5, 5.41) is 0. The minimum Gasteiger partial charge on any atom is -0.338 e. The van der Waals surface area contributed by atoms with Gasteiger partial charge in [-0.2, -0.15) is 0 Å². The number of nitrogens with zero attached hydrogens (tertiary/aromatic N) is 1. The number of likely N-dealkylation sites (tertiary alicyclic amines) is 1. The van der Waals surface area contributed by atoms with Crippen LogP contribution in [0.1, 0.15) is 31.1 Å². The number of halogens is 1. The molecule has 2 N–H and O–H groups in total. The lowest BCUT2D eigenvalue weighted by atomic mass is 9.90. The number of hydrogen-bond donors (Lipinski definition) is 1. The summed E-state index contributed by atoms with van der Waals surface area (Å²) >= 11 is 7.45. The molecule has 0 aromatic carbocycles. The molecule has 3 nitrogen and oxygen atoms in total. The maximum atomic E-state index is 12.3. The molecule has 1 aromatic rings. The number of hydrogen-bond acceptors (Lipinski definition) is 3. The maximum absolute atomic E-state index is 12.3. The first-order chi connectivity index (χ1) is 9.11. The number of amides is 1. The Balaban J connectivity index is 1.91. The van der Waals surface area contributed by atoms with Crippen molar-refractivity contribution in [3.63, 3.8) is 0 Å². The maximum Gasteiger partial charge on any atom is 0.223 e. The molecule has 1 amide bonds. The van der Waals surface area contributed by atoms with Crippen LogP contribution >= 0.6 is 22.9 Å². The van der Waals surface area contributed by atoms with E-state index in [1.54, 1.807) is 11.3 Å². The van der Waals surface area contributed by atoms with Crippen molar-refractivity contribution in [1.82, 2.24) is 4.90 Å². The Labute approximate surface area is 123 Å². The van der Waals surface area contributed by atoms with Crippen LogP contribution in [0.4, 0.5) is 0 Å². The van der Waals surface area contributed by atoms with Crippen molar-refractivity contribution in [2.45, 2.75) is 38.6 Å². The van der Waals surface area contributed by atoms with Crippen LogP contribution in [0.5, 0.6) is 0 Å². The summed E-state index contributed by atoms with van der Waals surface area (Å²) in [5.41, 5.74) is 5.82. The summed E-state index contributed by atoms with van der Waals surface area (Å²) in [7, 11) is 0. The molecule has 1 saturated heterocycles. The van der Waals surface area contributed by atoms with Crippen LogP contribution < -0.4 is 5.73 Å². The van der Waals surface area contributed by atoms with Gasteiger partial charge in [-0.25, -0.2) is 0 Å². The van der Waals surface area contributed by atoms with Gasteiger partial charge >= 0.3 is 0 Å². The summed E-state index contributed by atoms with van der Waals surface area (Å²) < 4.78 is 0.786. The highest BCUT2D eigenvalue weighted by Gasteiger charge is 2.30. The molecule has 0 radical (unpaired) electrons. The van der Waals surface area contributed by atoms with Gasteiger partial charge in [-0.3, -0.25) is 4.79 Å². The van der Waals surface area contributed by atoms with Gasteiger partial charge in [0.2, 0.25) is 5.91 Å². The zero-order valence-electron chi connectivity index (χ0n) is 11.3. The average Bonchev–Trinajstić information content (AvgIpc) is 2.81. The lowest BCUT2D eigenvalue weighted by Crippen LogP contribution is -2.51. The van der Waals surface area contributed by atoms with E-state index in [4.69, 9.17) is 17.3 Å². The molecular weight excluding hydrogens is 280 g/mol. The predicted octanol–water partition coefficient (Wildman–Crippen LogP) is 2.92. The van der Waals surface area contributed by atoms with Crippen LogP contribution in [-0.2, 0) is 11.2 Å². The largest absolute Gasteiger partial charge is 0.338 e. The summed E-state index contributed by atoms with van der Waals surface area (Å²) in [6.07, 6.45) is 3.60. The monoisotopic (exact) mass is 300 g/mol. The van der Waals surface area contributed by atoms with E-state index in [-0.39, 0.29) is 11.9 Å². The number of aryl methyl sites for hydroxylation is 1. The molecule has 5 heteroatoms. The number of carbonyl (C=O) groups excluding carboxylic acids is 1. The molecule has 1 aromatic heterocycles. The van der Waals surface area contributed by atoms with Crippen molar-refractivity contribution < 1.29 is 4.79 Å². The molecule has 1 aliphatic rings. The Morgan fingerprint density at radius 1 is 1.58 bits per heavy atom. The first-order valence-electron chi connectivity index (χ1n) is 6.85. The van der Waals surface area contributed by atoms with E-state index in [0.29, 0.717) is 18.9 Å². The van der Waals surface area contributed by atoms with Crippen LogP contribution in [0.2, 0.25) is 4.34 Å². The second-order valence-corrected chi connectivity index (χ2v) is 7.02. The molecule has 19 heavy (non-hydrogen) atoms. The molecule has 0 unspecified atom stereocenters. The second-order valence-electron chi connectivity index (χ2n) is 5.22. The zero-order valence-corrected chi connectivity index (χ0v) is 12.8. The predicted molar refractivity (Wildman–Crippen MR) is 80.6 cm³/mol. The van der Waals surface area contributed by atoms with Gasteiger partial charge in [0.15, 0.2) is 0 Å². The standard InChI is InChI=1S/C14H21ClN2OS/c1-10-3-2-8-17(12(10)9-16)14(18)7-5-11-4-6-13(15)19-11/h4,6,10,12H,2-3,5,7-9,16H2,1H3/t10-,12+/m0/s1. The topological polar surface area (TPSA) is 46.3 Å². The third kappa shape index (κ3) is 3.71. The van der Waals surface area contributed by atoms with E-state index < -0.39 is 0 Å². The highest BCUT2D eigenvalue weighted by molar-refractivity contribution is 7.16. The third-order valence-corrected chi connectivity index (χ3v) is 5.18. The van der Waals surface area contributed by atoms with Crippen molar-refractivity contribution in [3.05, 3.63) is 21.3 Å². The molecule has 0 spiro atoms. The quantitative estimate of drug-likeness (QED) is 0.929. The normalized spacial score (nSPS) is 23.6. The summed E-state index contributed by atoms with van der Waals surface area (Å²) in [6, 6.07) is 4.10. The Morgan fingerprint density at radius 2 is 2.37 bits per heavy atom. The molecule has 1 aliphatic heterocycles. The van der Waals surface area contributed by atoms with E-state index in [9.17, 15) is 4.79 Å². The van der Waals surface area contributed by atoms with Crippen LogP contribution in [0.15, 0.2) is 12.1 Å². The van der Waals surface area contributed by atoms with Crippen molar-refractivity contribution in [3.8, 4) is 0 Å². The molecule has 0 bridgehead atoms. The van der Waals surface area contributed by atoms with Crippen LogP contribution in [0.3, 0.4) is 0 Å². The molecule has 2 rings (SSSR count). The fraction of sp³-hybridized carbons (Fsp3) is 0.643. The first-order valence-corrected chi connectivity index (χ1v) is 8.05. The first kappa shape index (κ1) is 14.8. The fourth-order valence-electron chi connectivity index (χ4n) is 2.78. The average molecular weight is 301 g/mol. The van der Waals surface area contributed by atoms with Gasteiger partial charge in [-0.15, -0.1) is 11.3 Å². The SMILES string of the molecule is C[C@H]1CCCN(C(=O)CCc2ccc(Cl)s2)[C@@H]1CN. The zero-order chi connectivity index (χ0) is 13.8. The van der Waals surface area contributed by atoms with Gasteiger partial charge in [0.05, 0.1) is 4.34 Å². The van der Waals surface area contributed by atoms with E-state index in [1.165, 1.54) is 11.3 Å². The second kappa shape index (κ2) is 6.73. The summed E-state index contributed by atoms with van der Waals surface area (Å²) in [5.74, 6) is 0.741. The van der Waals surface area contributed by atoms with Gasteiger partial charge in [0.1, 0.15) is 0 Å². The van der Waals surface area contributed by atoms with Crippen LogP contribution in [0.25, 0.3) is 0 Å². The number of carbonyl (C=O) groups is 1. The van der Waals surface area contributed by atoms with E-state index >= 15 is 0 Å². The highest BCUT2D eigenvalue weighted by Crippen LogP contribution is 2.25. The molecule has 0 saturated carbocycles. The Bertz CT molecular complexity index is 435. The molecule has 106 valence electrons. The Kier molecular flexibility index (Phi) is 5.25. The summed E-state index contributed by atoms with van der Waals surface area (Å²) in [4.78, 5) is 15.5. The molecule has 1 fully saturated rings. The van der Waals surface area contributed by atoms with Crippen molar-refractivity contribution in [1.29, 1.82) is 0 Å². The highest BCUT2D eigenvalue weighted by atomic mass is 35.5. The van der Waals surface area contributed by atoms with Crippen LogP contribution in [-0.4, -0.2) is 29.9 Å². The minimum absolute atomic E-state index is 0.216. The van der Waals surface area contributed by atoms with Gasteiger partial charge in [-0.1, -0.05) is 18.5 Å². The minimum atomic E-state index is 0.216. The van der Waals surface area contributed by atoms with Gasteiger partial charge in [0.25, 0.3) is 0 Å². The van der Waals surface area contributed by atoms with Crippen molar-refractivity contribution in [2.75, 3.05) is 13.1 Å². The molecule has 2 atom stereocenters. The third-order valence-electron chi connectivity index (χ3n) is 3.89. The lowest BCUT2D eigenvalue weighted by Gasteiger charge is -2.39. The number of thiophene rings is 1. The van der Waals surface area contributed by atoms with Crippen molar-refractivity contribution in [2.24, 2.45) is 11.7 Å². The lowest BCUT2D eigenvalue weighted by molar-refractivity contribution is -0.136. The van der Waals surface area contributed by atoms with E-state index in [1.807, 2.05) is 17.0 Å². The smallest absolute Gasteiger partial charge is 0.223 e. The Hall–Kier alpha value is -0.580. The van der Waals surface area contributed by atoms with Gasteiger partial charge in [0, 0.05) is 30.4 Å². The summed E-state index contributed by atoms with van der Waals surface area (Å²) in [6.45, 7) is 3.62. The van der Waals surface area contributed by atoms with Crippen molar-refractivity contribution >= 4 is 28.8 Å². The molecule has 2 heterocycles. The van der Waals surface area contributed by atoms with Gasteiger partial charge in [-0.05, 0) is 37.3 Å².